The van der Waals surface area contributed by atoms with Gasteiger partial charge in [0.1, 0.15) is 24.5 Å². The molecule has 1 atom stereocenters. The van der Waals surface area contributed by atoms with Crippen LogP contribution >= 0.6 is 11.6 Å². The van der Waals surface area contributed by atoms with Crippen LogP contribution in [0.5, 0.6) is 0 Å². The second-order valence-electron chi connectivity index (χ2n) is 5.03. The van der Waals surface area contributed by atoms with Crippen LogP contribution in [0.1, 0.15) is 17.2 Å². The number of aliphatic hydroxyl groups is 1. The van der Waals surface area contributed by atoms with Gasteiger partial charge in [-0.1, -0.05) is 35.9 Å². The standard InChI is InChI=1S/C17H19ClN2O5/c1-23-16(22)10-20(11-21)14-6-4-3-5-13(14)17(25-24-2)12-7-8-15(18)19-9-12/h3-9,17,21H,10-11H2,1-2H3. The molecule has 0 saturated heterocycles. The number of carbonyl (C=O) groups is 1. The summed E-state index contributed by atoms with van der Waals surface area (Å²) in [7, 11) is 2.69. The lowest BCUT2D eigenvalue weighted by atomic mass is 10.0. The van der Waals surface area contributed by atoms with Crippen LogP contribution in [0.25, 0.3) is 0 Å². The van der Waals surface area contributed by atoms with E-state index in [2.05, 4.69) is 9.72 Å². The van der Waals surface area contributed by atoms with Crippen molar-refractivity contribution in [3.63, 3.8) is 0 Å². The Labute approximate surface area is 150 Å². The monoisotopic (exact) mass is 366 g/mol. The molecular formula is C17H19ClN2O5. The lowest BCUT2D eigenvalue weighted by Crippen LogP contribution is -2.32. The van der Waals surface area contributed by atoms with Gasteiger partial charge in [0.05, 0.1) is 14.2 Å². The van der Waals surface area contributed by atoms with E-state index in [4.69, 9.17) is 21.4 Å². The van der Waals surface area contributed by atoms with Gasteiger partial charge < -0.3 is 14.7 Å². The van der Waals surface area contributed by atoms with Crippen LogP contribution in [0.2, 0.25) is 5.15 Å². The lowest BCUT2D eigenvalue weighted by molar-refractivity contribution is -0.297. The third-order valence-corrected chi connectivity index (χ3v) is 3.75. The Balaban J connectivity index is 2.44. The zero-order valence-corrected chi connectivity index (χ0v) is 14.6. The average molecular weight is 367 g/mol. The summed E-state index contributed by atoms with van der Waals surface area (Å²) < 4.78 is 4.68. The fraction of sp³-hybridized carbons (Fsp3) is 0.294. The Morgan fingerprint density at radius 3 is 2.64 bits per heavy atom. The predicted octanol–water partition coefficient (Wildman–Crippen LogP) is 2.33. The molecule has 0 aliphatic heterocycles. The highest BCUT2D eigenvalue weighted by atomic mass is 35.5. The molecule has 0 saturated carbocycles. The molecule has 2 rings (SSSR count). The van der Waals surface area contributed by atoms with Crippen LogP contribution in [0, 0.1) is 0 Å². The van der Waals surface area contributed by atoms with E-state index in [9.17, 15) is 9.90 Å². The van der Waals surface area contributed by atoms with E-state index >= 15 is 0 Å². The molecule has 7 nitrogen and oxygen atoms in total. The second-order valence-corrected chi connectivity index (χ2v) is 5.42. The summed E-state index contributed by atoms with van der Waals surface area (Å²) in [6, 6.07) is 10.6. The molecule has 0 fully saturated rings. The first kappa shape index (κ1) is 19.1. The number of carbonyl (C=O) groups excluding carboxylic acids is 1. The van der Waals surface area contributed by atoms with Gasteiger partial charge in [-0.15, -0.1) is 0 Å². The Kier molecular flexibility index (Phi) is 7.15. The van der Waals surface area contributed by atoms with E-state index in [-0.39, 0.29) is 13.3 Å². The number of hydrogen-bond acceptors (Lipinski definition) is 7. The van der Waals surface area contributed by atoms with Crippen LogP contribution in [0.4, 0.5) is 5.69 Å². The normalized spacial score (nSPS) is 11.8. The second kappa shape index (κ2) is 9.33. The largest absolute Gasteiger partial charge is 0.468 e. The molecule has 0 aliphatic rings. The number of hydrogen-bond donors (Lipinski definition) is 1. The van der Waals surface area contributed by atoms with Gasteiger partial charge in [-0.2, -0.15) is 0 Å². The SMILES string of the molecule is COOC(c1ccc(Cl)nc1)c1ccccc1N(CO)CC(=O)OC. The van der Waals surface area contributed by atoms with Crippen molar-refractivity contribution < 1.29 is 24.4 Å². The third kappa shape index (κ3) is 4.90. The van der Waals surface area contributed by atoms with Crippen LogP contribution in [0.15, 0.2) is 42.6 Å². The molecule has 0 aliphatic carbocycles. The van der Waals surface area contributed by atoms with Crippen molar-refractivity contribution in [3.05, 3.63) is 58.9 Å². The van der Waals surface area contributed by atoms with E-state index in [1.165, 1.54) is 19.1 Å². The first-order valence-electron chi connectivity index (χ1n) is 7.43. The third-order valence-electron chi connectivity index (χ3n) is 3.52. The van der Waals surface area contributed by atoms with E-state index in [0.29, 0.717) is 22.0 Å². The summed E-state index contributed by atoms with van der Waals surface area (Å²) in [5.74, 6) is -0.471. The quantitative estimate of drug-likeness (QED) is 0.252. The number of rotatable bonds is 8. The van der Waals surface area contributed by atoms with Gasteiger partial charge >= 0.3 is 5.97 Å². The van der Waals surface area contributed by atoms with Crippen molar-refractivity contribution >= 4 is 23.3 Å². The number of ether oxygens (including phenoxy) is 1. The van der Waals surface area contributed by atoms with Gasteiger partial charge in [0.15, 0.2) is 0 Å². The molecule has 0 spiro atoms. The number of pyridine rings is 1. The highest BCUT2D eigenvalue weighted by Crippen LogP contribution is 2.33. The van der Waals surface area contributed by atoms with E-state index < -0.39 is 12.1 Å². The fourth-order valence-corrected chi connectivity index (χ4v) is 2.47. The first-order valence-corrected chi connectivity index (χ1v) is 7.81. The van der Waals surface area contributed by atoms with Crippen molar-refractivity contribution in [3.8, 4) is 0 Å². The van der Waals surface area contributed by atoms with Crippen molar-refractivity contribution in [2.75, 3.05) is 32.4 Å². The predicted molar refractivity (Wildman–Crippen MR) is 92.1 cm³/mol. The number of anilines is 1. The molecule has 134 valence electrons. The zero-order chi connectivity index (χ0) is 18.2. The highest BCUT2D eigenvalue weighted by Gasteiger charge is 2.23. The summed E-state index contributed by atoms with van der Waals surface area (Å²) in [4.78, 5) is 27.4. The van der Waals surface area contributed by atoms with E-state index in [0.717, 1.165) is 0 Å². The van der Waals surface area contributed by atoms with Gasteiger partial charge in [0.25, 0.3) is 0 Å². The van der Waals surface area contributed by atoms with Crippen molar-refractivity contribution in [1.29, 1.82) is 0 Å². The van der Waals surface area contributed by atoms with Gasteiger partial charge in [-0.25, -0.2) is 14.8 Å². The Morgan fingerprint density at radius 1 is 1.28 bits per heavy atom. The Morgan fingerprint density at radius 2 is 2.04 bits per heavy atom. The molecule has 2 aromatic rings. The molecule has 1 aromatic carbocycles. The van der Waals surface area contributed by atoms with Gasteiger partial charge in [-0.05, 0) is 12.1 Å². The number of benzene rings is 1. The first-order chi connectivity index (χ1) is 12.1. The number of para-hydroxylation sites is 1. The number of nitrogens with zero attached hydrogens (tertiary/aromatic N) is 2. The molecule has 25 heavy (non-hydrogen) atoms. The maximum atomic E-state index is 11.6. The van der Waals surface area contributed by atoms with Crippen LogP contribution in [-0.2, 0) is 19.3 Å². The molecule has 1 unspecified atom stereocenters. The molecule has 1 aromatic heterocycles. The lowest BCUT2D eigenvalue weighted by Gasteiger charge is -2.26. The molecule has 0 bridgehead atoms. The minimum absolute atomic E-state index is 0.109. The van der Waals surface area contributed by atoms with Crippen LogP contribution < -0.4 is 4.90 Å². The summed E-state index contributed by atoms with van der Waals surface area (Å²) in [5.41, 5.74) is 1.99. The molecule has 1 heterocycles. The van der Waals surface area contributed by atoms with Gasteiger partial charge in [-0.3, -0.25) is 4.79 Å². The van der Waals surface area contributed by atoms with Crippen molar-refractivity contribution in [1.82, 2.24) is 4.98 Å². The van der Waals surface area contributed by atoms with Gasteiger partial charge in [0, 0.05) is 23.0 Å². The molecule has 0 amide bonds. The topological polar surface area (TPSA) is 81.1 Å². The molecule has 8 heteroatoms. The number of esters is 1. The van der Waals surface area contributed by atoms with Crippen LogP contribution in [-0.4, -0.2) is 43.6 Å². The summed E-state index contributed by atoms with van der Waals surface area (Å²) in [5, 5.41) is 10.0. The summed E-state index contributed by atoms with van der Waals surface area (Å²) in [6.07, 6.45) is 0.949. The average Bonchev–Trinajstić information content (AvgIpc) is 2.65. The Bertz CT molecular complexity index is 696. The van der Waals surface area contributed by atoms with E-state index in [1.807, 2.05) is 12.1 Å². The smallest absolute Gasteiger partial charge is 0.325 e. The number of aliphatic hydroxyl groups excluding tert-OH is 1. The molecular weight excluding hydrogens is 348 g/mol. The maximum Gasteiger partial charge on any atom is 0.325 e. The van der Waals surface area contributed by atoms with E-state index in [1.54, 1.807) is 30.5 Å². The zero-order valence-electron chi connectivity index (χ0n) is 13.9. The molecule has 1 N–H and O–H groups in total. The fourth-order valence-electron chi connectivity index (χ4n) is 2.35. The summed E-state index contributed by atoms with van der Waals surface area (Å²) >= 11 is 5.84. The summed E-state index contributed by atoms with van der Waals surface area (Å²) in [6.45, 7) is -0.479. The van der Waals surface area contributed by atoms with Crippen molar-refractivity contribution in [2.24, 2.45) is 0 Å². The number of methoxy groups -OCH3 is 1. The minimum Gasteiger partial charge on any atom is -0.468 e. The number of halogens is 1. The number of aromatic nitrogens is 1. The molecule has 0 radical (unpaired) electrons. The van der Waals surface area contributed by atoms with Crippen LogP contribution in [0.3, 0.4) is 0 Å². The van der Waals surface area contributed by atoms with Crippen molar-refractivity contribution in [2.45, 2.75) is 6.10 Å². The highest BCUT2D eigenvalue weighted by molar-refractivity contribution is 6.29. The maximum absolute atomic E-state index is 11.6. The van der Waals surface area contributed by atoms with Gasteiger partial charge in [0.2, 0.25) is 0 Å². The minimum atomic E-state index is -0.627. The Hall–Kier alpha value is -2.19.